The highest BCUT2D eigenvalue weighted by Gasteiger charge is 2.24. The lowest BCUT2D eigenvalue weighted by Crippen LogP contribution is -2.46. The van der Waals surface area contributed by atoms with Crippen LogP contribution in [0, 0.1) is 0 Å². The molecule has 0 heterocycles. The molecule has 0 aromatic carbocycles. The second kappa shape index (κ2) is 53.3. The van der Waals surface area contributed by atoms with Gasteiger partial charge in [-0.3, -0.25) is 9.59 Å². The van der Waals surface area contributed by atoms with Gasteiger partial charge in [0.15, 0.2) is 0 Å². The molecule has 3 unspecified atom stereocenters. The van der Waals surface area contributed by atoms with E-state index in [0.717, 1.165) is 89.9 Å². The number of amides is 1. The number of carbonyl (C=O) groups is 2. The molecule has 1 amide bonds. The molecular weight excluding hydrogens is 815 g/mol. The molecule has 0 aromatic rings. The van der Waals surface area contributed by atoms with Crippen molar-refractivity contribution in [2.45, 2.75) is 289 Å². The van der Waals surface area contributed by atoms with E-state index >= 15 is 0 Å². The summed E-state index contributed by atoms with van der Waals surface area (Å²) in [7, 11) is 0. The van der Waals surface area contributed by atoms with Gasteiger partial charge in [-0.1, -0.05) is 241 Å². The van der Waals surface area contributed by atoms with E-state index in [1.807, 2.05) is 0 Å². The number of hydrogen-bond acceptors (Lipinski definition) is 5. The Hall–Kier alpha value is -2.70. The van der Waals surface area contributed by atoms with Gasteiger partial charge in [0.25, 0.3) is 0 Å². The molecule has 0 fully saturated rings. The van der Waals surface area contributed by atoms with Gasteiger partial charge in [0.05, 0.1) is 25.2 Å². The number of rotatable bonds is 50. The molecule has 0 aliphatic heterocycles. The smallest absolute Gasteiger partial charge is 0.306 e. The molecule has 6 nitrogen and oxygen atoms in total. The molecule has 0 aliphatic rings. The Morgan fingerprint density at radius 3 is 1.33 bits per heavy atom. The van der Waals surface area contributed by atoms with Crippen molar-refractivity contribution < 1.29 is 24.5 Å². The van der Waals surface area contributed by atoms with Crippen molar-refractivity contribution in [1.29, 1.82) is 0 Å². The average molecular weight is 923 g/mol. The Balaban J connectivity index is 4.67. The van der Waals surface area contributed by atoms with E-state index in [-0.39, 0.29) is 24.9 Å². The third-order valence-corrected chi connectivity index (χ3v) is 12.6. The van der Waals surface area contributed by atoms with Gasteiger partial charge in [0.1, 0.15) is 6.10 Å². The van der Waals surface area contributed by atoms with Crippen molar-refractivity contribution in [3.05, 3.63) is 72.9 Å². The lowest BCUT2D eigenvalue weighted by Gasteiger charge is -2.24. The van der Waals surface area contributed by atoms with E-state index < -0.39 is 18.2 Å². The highest BCUT2D eigenvalue weighted by atomic mass is 16.5. The van der Waals surface area contributed by atoms with Gasteiger partial charge in [-0.2, -0.15) is 0 Å². The summed E-state index contributed by atoms with van der Waals surface area (Å²) in [5.74, 6) is -0.532. The van der Waals surface area contributed by atoms with E-state index in [2.05, 4.69) is 99.0 Å². The summed E-state index contributed by atoms with van der Waals surface area (Å²) in [4.78, 5) is 26.2. The van der Waals surface area contributed by atoms with Crippen LogP contribution in [0.1, 0.15) is 271 Å². The first-order valence-corrected chi connectivity index (χ1v) is 28.2. The molecular formula is C60H107NO5. The molecule has 0 rings (SSSR count). The highest BCUT2D eigenvalue weighted by Crippen LogP contribution is 2.17. The number of carbonyl (C=O) groups excluding carboxylic acids is 2. The molecule has 0 saturated heterocycles. The topological polar surface area (TPSA) is 95.9 Å². The molecule has 3 N–H and O–H groups in total. The van der Waals surface area contributed by atoms with Crippen LogP contribution in [0.5, 0.6) is 0 Å². The van der Waals surface area contributed by atoms with Crippen LogP contribution < -0.4 is 5.32 Å². The first-order valence-electron chi connectivity index (χ1n) is 28.2. The maximum atomic E-state index is 13.2. The Labute approximate surface area is 409 Å². The zero-order chi connectivity index (χ0) is 48.1. The fraction of sp³-hybridized carbons (Fsp3) is 0.767. The number of hydrogen-bond donors (Lipinski definition) is 3. The Bertz CT molecular complexity index is 1220. The number of unbranched alkanes of at least 4 members (excludes halogenated alkanes) is 28. The SMILES string of the molecule is CCCCC/C=C\C/C=C\C/C=C\CCCCC(CC(=O)NC(CO)C(O)CCCCCCCCCCCCCCCC)OC(=O)CCCCCCC/C=C/C=C/C=C/CCCCCCC. The van der Waals surface area contributed by atoms with Crippen LogP contribution in [-0.2, 0) is 14.3 Å². The van der Waals surface area contributed by atoms with E-state index in [4.69, 9.17) is 4.74 Å². The quantitative estimate of drug-likeness (QED) is 0.0244. The first-order chi connectivity index (χ1) is 32.5. The van der Waals surface area contributed by atoms with Crippen molar-refractivity contribution in [3.8, 4) is 0 Å². The monoisotopic (exact) mass is 922 g/mol. The summed E-state index contributed by atoms with van der Waals surface area (Å²) in [6.07, 6.45) is 68.1. The van der Waals surface area contributed by atoms with Crippen molar-refractivity contribution >= 4 is 11.9 Å². The second-order valence-electron chi connectivity index (χ2n) is 19.0. The largest absolute Gasteiger partial charge is 0.462 e. The Kier molecular flexibility index (Phi) is 51.1. The second-order valence-corrected chi connectivity index (χ2v) is 19.0. The first kappa shape index (κ1) is 63.3. The van der Waals surface area contributed by atoms with Crippen molar-refractivity contribution in [1.82, 2.24) is 5.32 Å². The summed E-state index contributed by atoms with van der Waals surface area (Å²) in [6, 6.07) is -0.722. The Morgan fingerprint density at radius 1 is 0.455 bits per heavy atom. The van der Waals surface area contributed by atoms with Crippen LogP contribution in [0.15, 0.2) is 72.9 Å². The summed E-state index contributed by atoms with van der Waals surface area (Å²) < 4.78 is 5.93. The predicted molar refractivity (Wildman–Crippen MR) is 287 cm³/mol. The van der Waals surface area contributed by atoms with E-state index in [9.17, 15) is 19.8 Å². The molecule has 0 saturated carbocycles. The fourth-order valence-electron chi connectivity index (χ4n) is 8.26. The van der Waals surface area contributed by atoms with E-state index in [0.29, 0.717) is 19.3 Å². The summed E-state index contributed by atoms with van der Waals surface area (Å²) in [6.45, 7) is 6.44. The van der Waals surface area contributed by atoms with Gasteiger partial charge in [-0.15, -0.1) is 0 Å². The van der Waals surface area contributed by atoms with Gasteiger partial charge in [0.2, 0.25) is 5.91 Å². The van der Waals surface area contributed by atoms with Crippen molar-refractivity contribution in [2.24, 2.45) is 0 Å². The zero-order valence-electron chi connectivity index (χ0n) is 43.6. The molecule has 66 heavy (non-hydrogen) atoms. The summed E-state index contributed by atoms with van der Waals surface area (Å²) >= 11 is 0. The third kappa shape index (κ3) is 47.8. The van der Waals surface area contributed by atoms with Crippen molar-refractivity contribution in [2.75, 3.05) is 6.61 Å². The maximum Gasteiger partial charge on any atom is 0.306 e. The molecule has 0 aliphatic carbocycles. The molecule has 0 aromatic heterocycles. The van der Waals surface area contributed by atoms with Gasteiger partial charge in [-0.25, -0.2) is 0 Å². The van der Waals surface area contributed by atoms with Crippen LogP contribution in [-0.4, -0.2) is 46.9 Å². The van der Waals surface area contributed by atoms with E-state index in [1.165, 1.54) is 135 Å². The van der Waals surface area contributed by atoms with E-state index in [1.54, 1.807) is 0 Å². The standard InChI is InChI=1S/C60H107NO5/c1-4-7-10-13-16-19-22-25-28-29-30-32-35-38-41-44-47-50-53-60(65)66-56(51-48-45-42-39-36-33-31-26-23-20-17-14-11-8-5-2)54-59(64)61-57(55-62)58(63)52-49-46-43-40-37-34-27-24-21-18-15-12-9-6-3/h17,20,22,25-26,28-32,36,39,56-58,62-63H,4-16,18-19,21,23-24,27,33-35,37-38,40-55H2,1-3H3,(H,61,64)/b20-17-,25-22+,29-28+,31-26-,32-30+,39-36-. The lowest BCUT2D eigenvalue weighted by atomic mass is 10.0. The summed E-state index contributed by atoms with van der Waals surface area (Å²) in [5.41, 5.74) is 0. The average Bonchev–Trinajstić information content (AvgIpc) is 3.31. The number of esters is 1. The van der Waals surface area contributed by atoms with Crippen LogP contribution in [0.4, 0.5) is 0 Å². The minimum absolute atomic E-state index is 0.0413. The molecule has 382 valence electrons. The molecule has 3 atom stereocenters. The minimum Gasteiger partial charge on any atom is -0.462 e. The number of aliphatic hydroxyl groups is 2. The van der Waals surface area contributed by atoms with Gasteiger partial charge >= 0.3 is 5.97 Å². The third-order valence-electron chi connectivity index (χ3n) is 12.6. The van der Waals surface area contributed by atoms with Gasteiger partial charge in [-0.05, 0) is 89.9 Å². The number of nitrogens with one attached hydrogen (secondary N) is 1. The highest BCUT2D eigenvalue weighted by molar-refractivity contribution is 5.77. The molecule has 6 heteroatoms. The summed E-state index contributed by atoms with van der Waals surface area (Å²) in [5, 5.41) is 23.8. The fourth-order valence-corrected chi connectivity index (χ4v) is 8.26. The molecule has 0 radical (unpaired) electrons. The molecule has 0 bridgehead atoms. The van der Waals surface area contributed by atoms with Crippen LogP contribution >= 0.6 is 0 Å². The van der Waals surface area contributed by atoms with Crippen molar-refractivity contribution in [3.63, 3.8) is 0 Å². The Morgan fingerprint density at radius 2 is 0.833 bits per heavy atom. The normalized spacial score (nSPS) is 13.7. The van der Waals surface area contributed by atoms with Gasteiger partial charge < -0.3 is 20.3 Å². The van der Waals surface area contributed by atoms with Crippen LogP contribution in [0.3, 0.4) is 0 Å². The minimum atomic E-state index is -0.805. The zero-order valence-corrected chi connectivity index (χ0v) is 43.6. The van der Waals surface area contributed by atoms with Gasteiger partial charge in [0, 0.05) is 6.42 Å². The number of aliphatic hydroxyl groups excluding tert-OH is 2. The number of allylic oxidation sites excluding steroid dienone is 12. The van der Waals surface area contributed by atoms with Crippen LogP contribution in [0.2, 0.25) is 0 Å². The van der Waals surface area contributed by atoms with Crippen LogP contribution in [0.25, 0.3) is 0 Å². The lowest BCUT2D eigenvalue weighted by molar-refractivity contribution is -0.151. The predicted octanol–water partition coefficient (Wildman–Crippen LogP) is 17.3. The maximum absolute atomic E-state index is 13.2. The number of ether oxygens (including phenoxy) is 1. The molecule has 0 spiro atoms.